The van der Waals surface area contributed by atoms with Gasteiger partial charge in [0.05, 0.1) is 12.5 Å². The van der Waals surface area contributed by atoms with Crippen LogP contribution >= 0.6 is 0 Å². The smallest absolute Gasteiger partial charge is 0.182 e. The summed E-state index contributed by atoms with van der Waals surface area (Å²) >= 11 is 0. The maximum Gasteiger partial charge on any atom is 0.182 e. The first-order valence-corrected chi connectivity index (χ1v) is 9.66. The topological polar surface area (TPSA) is 107 Å². The maximum atomic E-state index is 5.21. The zero-order valence-electron chi connectivity index (χ0n) is 16.9. The molecule has 7 rings (SSSR count). The lowest BCUT2D eigenvalue weighted by atomic mass is 10.1. The third-order valence-electron chi connectivity index (χ3n) is 4.21. The highest BCUT2D eigenvalue weighted by Crippen LogP contribution is 2.23. The summed E-state index contributed by atoms with van der Waals surface area (Å²) in [5, 5.41) is 2.35. The van der Waals surface area contributed by atoms with Gasteiger partial charge in [0.2, 0.25) is 0 Å². The summed E-state index contributed by atoms with van der Waals surface area (Å²) in [5.74, 6) is 0. The molecule has 0 amide bonds. The van der Waals surface area contributed by atoms with Crippen molar-refractivity contribution in [1.29, 1.82) is 0 Å². The van der Waals surface area contributed by atoms with Gasteiger partial charge in [-0.2, -0.15) is 0 Å². The Kier molecular flexibility index (Phi) is 6.99. The van der Waals surface area contributed by atoms with Gasteiger partial charge in [-0.3, -0.25) is 0 Å². The van der Waals surface area contributed by atoms with Crippen molar-refractivity contribution >= 4 is 33.0 Å². The summed E-state index contributed by atoms with van der Waals surface area (Å²) in [6.45, 7) is 0. The lowest BCUT2D eigenvalue weighted by Gasteiger charge is -1.95. The summed E-state index contributed by atoms with van der Waals surface area (Å²) in [4.78, 5) is 18.1. The second-order valence-electron chi connectivity index (χ2n) is 6.24. The van der Waals surface area contributed by atoms with Gasteiger partial charge in [0.15, 0.2) is 30.3 Å². The van der Waals surface area contributed by atoms with Crippen LogP contribution in [0.15, 0.2) is 124 Å². The van der Waals surface area contributed by atoms with Crippen molar-refractivity contribution in [2.45, 2.75) is 0 Å². The Morgan fingerprint density at radius 1 is 0.688 bits per heavy atom. The van der Waals surface area contributed by atoms with E-state index in [1.165, 1.54) is 30.8 Å². The average molecular weight is 425 g/mol. The van der Waals surface area contributed by atoms with Crippen LogP contribution in [-0.4, -0.2) is 24.9 Å². The number of para-hydroxylation sites is 2. The predicted octanol–water partition coefficient (Wildman–Crippen LogP) is 5.89. The first kappa shape index (κ1) is 20.5. The maximum absolute atomic E-state index is 5.21. The summed E-state index contributed by atoms with van der Waals surface area (Å²) in [5.41, 5.74) is 3.55. The minimum absolute atomic E-state index is 0.845. The lowest BCUT2D eigenvalue weighted by molar-refractivity contribution is 0.558. The van der Waals surface area contributed by atoms with Crippen molar-refractivity contribution in [3.63, 3.8) is 0 Å². The van der Waals surface area contributed by atoms with Crippen LogP contribution in [0.2, 0.25) is 0 Å². The second kappa shape index (κ2) is 10.9. The first-order chi connectivity index (χ1) is 15.9. The van der Waals surface area contributed by atoms with Gasteiger partial charge >= 0.3 is 0 Å². The van der Waals surface area contributed by atoms with Crippen molar-refractivity contribution in [1.82, 2.24) is 24.9 Å². The fraction of sp³-hybridized carbons (Fsp3) is 0. The third kappa shape index (κ3) is 5.45. The molecule has 1 N–H and O–H groups in total. The molecule has 0 unspecified atom stereocenters. The molecule has 8 nitrogen and oxygen atoms in total. The fourth-order valence-electron chi connectivity index (χ4n) is 2.79. The number of nitrogens with one attached hydrogen (secondary N) is 1. The Balaban J connectivity index is 0.000000112. The highest BCUT2D eigenvalue weighted by atomic mass is 16.3. The van der Waals surface area contributed by atoms with E-state index in [0.29, 0.717) is 0 Å². The Morgan fingerprint density at radius 3 is 2.25 bits per heavy atom. The Bertz CT molecular complexity index is 1350. The highest BCUT2D eigenvalue weighted by Gasteiger charge is 2.02. The molecule has 0 spiro atoms. The van der Waals surface area contributed by atoms with Crippen LogP contribution in [0, 0.1) is 0 Å². The van der Waals surface area contributed by atoms with Crippen LogP contribution in [0.1, 0.15) is 0 Å². The Labute approximate surface area is 182 Å². The molecule has 32 heavy (non-hydrogen) atoms. The zero-order valence-corrected chi connectivity index (χ0v) is 16.9. The molecule has 158 valence electrons. The molecule has 0 aliphatic carbocycles. The normalized spacial score (nSPS) is 9.88. The molecule has 0 radical (unpaired) electrons. The van der Waals surface area contributed by atoms with Crippen molar-refractivity contribution < 1.29 is 13.3 Å². The summed E-state index contributed by atoms with van der Waals surface area (Å²) in [6.07, 6.45) is 12.5. The SMILES string of the molecule is c1c[nH]cn1.c1ccc2c(c1)ccc1ocnc12.c1ccc2ocnc2c1.c1cocn1. The number of H-pyrrole nitrogens is 1. The number of nitrogens with zero attached hydrogens (tertiary/aromatic N) is 4. The summed E-state index contributed by atoms with van der Waals surface area (Å²) in [7, 11) is 0. The summed E-state index contributed by atoms with van der Waals surface area (Å²) < 4.78 is 14.7. The van der Waals surface area contributed by atoms with Gasteiger partial charge < -0.3 is 18.2 Å². The van der Waals surface area contributed by atoms with Crippen molar-refractivity contribution in [3.05, 3.63) is 111 Å². The van der Waals surface area contributed by atoms with E-state index >= 15 is 0 Å². The van der Waals surface area contributed by atoms with Crippen LogP contribution in [0.4, 0.5) is 0 Å². The minimum atomic E-state index is 0.845. The molecule has 8 heteroatoms. The van der Waals surface area contributed by atoms with E-state index in [-0.39, 0.29) is 0 Å². The van der Waals surface area contributed by atoms with Gasteiger partial charge in [-0.25, -0.2) is 19.9 Å². The van der Waals surface area contributed by atoms with E-state index in [4.69, 9.17) is 8.83 Å². The summed E-state index contributed by atoms with van der Waals surface area (Å²) in [6, 6.07) is 19.8. The number of hydrogen-bond donors (Lipinski definition) is 1. The number of oxazole rings is 3. The van der Waals surface area contributed by atoms with Gasteiger partial charge in [0, 0.05) is 17.8 Å². The molecular weight excluding hydrogens is 406 g/mol. The van der Waals surface area contributed by atoms with Crippen LogP contribution in [0.5, 0.6) is 0 Å². The molecule has 0 saturated heterocycles. The fourth-order valence-corrected chi connectivity index (χ4v) is 2.79. The lowest BCUT2D eigenvalue weighted by Crippen LogP contribution is -1.73. The monoisotopic (exact) mass is 425 g/mol. The average Bonchev–Trinajstić information content (AvgIpc) is 3.69. The number of hydrogen-bond acceptors (Lipinski definition) is 7. The van der Waals surface area contributed by atoms with Crippen molar-refractivity contribution in [3.8, 4) is 0 Å². The van der Waals surface area contributed by atoms with Gasteiger partial charge in [-0.1, -0.05) is 42.5 Å². The van der Waals surface area contributed by atoms with Crippen LogP contribution in [-0.2, 0) is 0 Å². The van der Waals surface area contributed by atoms with Crippen LogP contribution in [0.25, 0.3) is 33.0 Å². The number of aromatic nitrogens is 5. The van der Waals surface area contributed by atoms with Crippen molar-refractivity contribution in [2.75, 3.05) is 0 Å². The second-order valence-corrected chi connectivity index (χ2v) is 6.24. The first-order valence-electron chi connectivity index (χ1n) is 9.66. The Morgan fingerprint density at radius 2 is 1.53 bits per heavy atom. The highest BCUT2D eigenvalue weighted by molar-refractivity contribution is 6.03. The molecule has 7 aromatic rings. The molecule has 4 aromatic heterocycles. The van der Waals surface area contributed by atoms with E-state index in [9.17, 15) is 0 Å². The molecule has 0 bridgehead atoms. The standard InChI is InChI=1S/C11H7NO.C7H5NO.C3H4N2.C3H3NO/c1-2-4-9-8(3-1)5-6-10-11(9)12-7-13-10;1-2-4-7-6(3-1)8-5-9-7;2*1-2-5-3-4-1/h1-7H;1-5H;1-3H,(H,4,5);1-3H. The van der Waals surface area contributed by atoms with Gasteiger partial charge in [0.1, 0.15) is 17.3 Å². The van der Waals surface area contributed by atoms with E-state index < -0.39 is 0 Å². The molecule has 0 saturated carbocycles. The van der Waals surface area contributed by atoms with Gasteiger partial charge in [0.25, 0.3) is 0 Å². The quantitative estimate of drug-likeness (QED) is 0.323. The molecule has 0 atom stereocenters. The number of fused-ring (bicyclic) bond motifs is 4. The molecule has 0 aliphatic heterocycles. The van der Waals surface area contributed by atoms with Crippen molar-refractivity contribution in [2.24, 2.45) is 0 Å². The third-order valence-corrected chi connectivity index (χ3v) is 4.21. The number of aromatic amines is 1. The number of rotatable bonds is 0. The van der Waals surface area contributed by atoms with Crippen LogP contribution in [0.3, 0.4) is 0 Å². The molecule has 0 aliphatic rings. The molecule has 4 heterocycles. The van der Waals surface area contributed by atoms with E-state index in [2.05, 4.69) is 41.5 Å². The predicted molar refractivity (Wildman–Crippen MR) is 121 cm³/mol. The van der Waals surface area contributed by atoms with E-state index in [0.717, 1.165) is 27.6 Å². The van der Waals surface area contributed by atoms with Gasteiger partial charge in [-0.05, 0) is 23.6 Å². The number of benzene rings is 3. The van der Waals surface area contributed by atoms with E-state index in [1.54, 1.807) is 24.9 Å². The molecule has 0 fully saturated rings. The largest absolute Gasteiger partial charge is 0.452 e. The number of imidazole rings is 1. The Hall–Kier alpha value is -4.72. The zero-order chi connectivity index (χ0) is 21.8. The van der Waals surface area contributed by atoms with Crippen LogP contribution < -0.4 is 0 Å². The van der Waals surface area contributed by atoms with E-state index in [1.807, 2.05) is 48.5 Å². The molecule has 3 aromatic carbocycles. The molecular formula is C24H19N5O3. The van der Waals surface area contributed by atoms with Gasteiger partial charge in [-0.15, -0.1) is 0 Å². The minimum Gasteiger partial charge on any atom is -0.452 e.